The van der Waals surface area contributed by atoms with Gasteiger partial charge in [0.05, 0.1) is 6.26 Å². The molecule has 0 saturated carbocycles. The van der Waals surface area contributed by atoms with Gasteiger partial charge in [-0.2, -0.15) is 0 Å². The average Bonchev–Trinajstić information content (AvgIpc) is 2.44. The summed E-state index contributed by atoms with van der Waals surface area (Å²) >= 11 is 0. The quantitative estimate of drug-likeness (QED) is 0.208. The number of guanidine groups is 1. The molecule has 0 aliphatic rings. The highest BCUT2D eigenvalue weighted by molar-refractivity contribution is 14.0. The van der Waals surface area contributed by atoms with Crippen LogP contribution in [0.3, 0.4) is 0 Å². The molecule has 0 amide bonds. The maximum absolute atomic E-state index is 11.5. The van der Waals surface area contributed by atoms with Gasteiger partial charge in [-0.3, -0.25) is 4.99 Å². The lowest BCUT2D eigenvalue weighted by molar-refractivity contribution is 0.423. The third-order valence-electron chi connectivity index (χ3n) is 3.72. The van der Waals surface area contributed by atoms with Gasteiger partial charge in [-0.15, -0.1) is 24.0 Å². The molecule has 0 saturated heterocycles. The van der Waals surface area contributed by atoms with Gasteiger partial charge in [-0.05, 0) is 25.7 Å². The SMILES string of the molecule is CCN(CCCNC(=NC)NC(C)CCCC(C)C)S(C)(=O)=O.I. The zero-order chi connectivity index (χ0) is 17.9. The van der Waals surface area contributed by atoms with E-state index in [4.69, 9.17) is 0 Å². The van der Waals surface area contributed by atoms with Gasteiger partial charge in [-0.1, -0.05) is 33.6 Å². The van der Waals surface area contributed by atoms with Crippen molar-refractivity contribution in [1.29, 1.82) is 0 Å². The zero-order valence-corrected chi connectivity index (χ0v) is 19.3. The average molecular weight is 476 g/mol. The number of nitrogens with zero attached hydrogens (tertiary/aromatic N) is 2. The molecule has 6 nitrogen and oxygen atoms in total. The van der Waals surface area contributed by atoms with Gasteiger partial charge in [0.15, 0.2) is 5.96 Å². The third kappa shape index (κ3) is 13.2. The molecule has 0 radical (unpaired) electrons. The van der Waals surface area contributed by atoms with Crippen LogP contribution in [0.2, 0.25) is 0 Å². The summed E-state index contributed by atoms with van der Waals surface area (Å²) in [5.74, 6) is 1.53. The van der Waals surface area contributed by atoms with Crippen LogP contribution in [-0.4, -0.2) is 57.7 Å². The first-order chi connectivity index (χ1) is 10.7. The van der Waals surface area contributed by atoms with Gasteiger partial charge < -0.3 is 10.6 Å². The van der Waals surface area contributed by atoms with E-state index in [1.54, 1.807) is 7.05 Å². The normalized spacial score (nSPS) is 13.8. The predicted molar refractivity (Wildman–Crippen MR) is 115 cm³/mol. The molecule has 0 spiro atoms. The minimum atomic E-state index is -3.10. The molecule has 8 heteroatoms. The lowest BCUT2D eigenvalue weighted by Gasteiger charge is -2.20. The van der Waals surface area contributed by atoms with Crippen molar-refractivity contribution < 1.29 is 8.42 Å². The fourth-order valence-corrected chi connectivity index (χ4v) is 3.28. The summed E-state index contributed by atoms with van der Waals surface area (Å²) in [6.45, 7) is 10.2. The molecular formula is C16H37IN4O2S. The fraction of sp³-hybridized carbons (Fsp3) is 0.938. The Morgan fingerprint density at radius 3 is 2.25 bits per heavy atom. The number of hydrogen-bond acceptors (Lipinski definition) is 3. The second-order valence-electron chi connectivity index (χ2n) is 6.48. The largest absolute Gasteiger partial charge is 0.356 e. The van der Waals surface area contributed by atoms with Crippen LogP contribution in [0.5, 0.6) is 0 Å². The molecule has 0 heterocycles. The number of nitrogens with one attached hydrogen (secondary N) is 2. The van der Waals surface area contributed by atoms with E-state index in [1.165, 1.54) is 23.4 Å². The molecule has 1 atom stereocenters. The van der Waals surface area contributed by atoms with E-state index in [9.17, 15) is 8.42 Å². The number of rotatable bonds is 11. The lowest BCUT2D eigenvalue weighted by atomic mass is 10.0. The van der Waals surface area contributed by atoms with E-state index in [-0.39, 0.29) is 24.0 Å². The first kappa shape index (κ1) is 26.1. The van der Waals surface area contributed by atoms with Gasteiger partial charge in [0, 0.05) is 32.7 Å². The molecule has 1 unspecified atom stereocenters. The third-order valence-corrected chi connectivity index (χ3v) is 5.10. The molecule has 0 aromatic rings. The van der Waals surface area contributed by atoms with Crippen molar-refractivity contribution in [3.63, 3.8) is 0 Å². The Hall–Kier alpha value is -0.0900. The van der Waals surface area contributed by atoms with E-state index in [1.807, 2.05) is 6.92 Å². The van der Waals surface area contributed by atoms with Gasteiger partial charge >= 0.3 is 0 Å². The molecule has 0 rings (SSSR count). The van der Waals surface area contributed by atoms with Gasteiger partial charge in [0.1, 0.15) is 0 Å². The Bertz CT molecular complexity index is 441. The molecule has 0 aliphatic heterocycles. The Labute approximate surface area is 166 Å². The Morgan fingerprint density at radius 2 is 1.79 bits per heavy atom. The van der Waals surface area contributed by atoms with E-state index < -0.39 is 10.0 Å². The first-order valence-electron chi connectivity index (χ1n) is 8.63. The highest BCUT2D eigenvalue weighted by atomic mass is 127. The van der Waals surface area contributed by atoms with Crippen LogP contribution < -0.4 is 10.6 Å². The summed E-state index contributed by atoms with van der Waals surface area (Å²) in [6, 6.07) is 0.378. The summed E-state index contributed by atoms with van der Waals surface area (Å²) in [5, 5.41) is 6.63. The van der Waals surface area contributed by atoms with Crippen LogP contribution in [0.1, 0.15) is 53.4 Å². The maximum atomic E-state index is 11.5. The Balaban J connectivity index is 0. The summed E-state index contributed by atoms with van der Waals surface area (Å²) < 4.78 is 24.5. The maximum Gasteiger partial charge on any atom is 0.211 e. The number of hydrogen-bond donors (Lipinski definition) is 2. The van der Waals surface area contributed by atoms with Crippen LogP contribution in [0.15, 0.2) is 4.99 Å². The van der Waals surface area contributed by atoms with Crippen molar-refractivity contribution in [3.05, 3.63) is 0 Å². The van der Waals surface area contributed by atoms with Crippen LogP contribution in [-0.2, 0) is 10.0 Å². The van der Waals surface area contributed by atoms with Crippen molar-refractivity contribution >= 4 is 40.0 Å². The summed E-state index contributed by atoms with van der Waals surface area (Å²) in [5.41, 5.74) is 0. The van der Waals surface area contributed by atoms with Crippen LogP contribution >= 0.6 is 24.0 Å². The summed E-state index contributed by atoms with van der Waals surface area (Å²) in [4.78, 5) is 4.22. The molecule has 0 aromatic heterocycles. The molecular weight excluding hydrogens is 439 g/mol. The predicted octanol–water partition coefficient (Wildman–Crippen LogP) is 2.66. The molecule has 0 fully saturated rings. The van der Waals surface area contributed by atoms with Crippen LogP contribution in [0.4, 0.5) is 0 Å². The Kier molecular flexibility index (Phi) is 15.4. The monoisotopic (exact) mass is 476 g/mol. The molecule has 24 heavy (non-hydrogen) atoms. The fourth-order valence-electron chi connectivity index (χ4n) is 2.35. The van der Waals surface area contributed by atoms with Crippen molar-refractivity contribution in [3.8, 4) is 0 Å². The van der Waals surface area contributed by atoms with E-state index in [0.717, 1.165) is 24.7 Å². The lowest BCUT2D eigenvalue weighted by Crippen LogP contribution is -2.43. The minimum Gasteiger partial charge on any atom is -0.356 e. The van der Waals surface area contributed by atoms with Gasteiger partial charge in [0.2, 0.25) is 10.0 Å². The molecule has 0 aromatic carbocycles. The number of aliphatic imine (C=N–C) groups is 1. The van der Waals surface area contributed by atoms with E-state index in [2.05, 4.69) is 36.4 Å². The highest BCUT2D eigenvalue weighted by Gasteiger charge is 2.13. The summed E-state index contributed by atoms with van der Waals surface area (Å²) in [7, 11) is -1.34. The first-order valence-corrected chi connectivity index (χ1v) is 10.5. The topological polar surface area (TPSA) is 73.8 Å². The highest BCUT2D eigenvalue weighted by Crippen LogP contribution is 2.08. The number of halogens is 1. The van der Waals surface area contributed by atoms with Crippen molar-refractivity contribution in [1.82, 2.24) is 14.9 Å². The second kappa shape index (κ2) is 14.1. The van der Waals surface area contributed by atoms with Crippen LogP contribution in [0.25, 0.3) is 0 Å². The van der Waals surface area contributed by atoms with E-state index in [0.29, 0.717) is 25.7 Å². The van der Waals surface area contributed by atoms with E-state index >= 15 is 0 Å². The molecule has 0 aliphatic carbocycles. The molecule has 2 N–H and O–H groups in total. The van der Waals surface area contributed by atoms with Gasteiger partial charge in [-0.25, -0.2) is 12.7 Å². The Morgan fingerprint density at radius 1 is 1.17 bits per heavy atom. The molecule has 146 valence electrons. The standard InChI is InChI=1S/C16H36N4O2S.HI/c1-7-20(23(6,21)22)13-9-12-18-16(17-5)19-15(4)11-8-10-14(2)3;/h14-15H,7-13H2,1-6H3,(H2,17,18,19);1H. The van der Waals surface area contributed by atoms with Crippen molar-refractivity contribution in [2.45, 2.75) is 59.4 Å². The molecule has 0 bridgehead atoms. The van der Waals surface area contributed by atoms with Gasteiger partial charge in [0.25, 0.3) is 0 Å². The van der Waals surface area contributed by atoms with Crippen LogP contribution in [0, 0.1) is 5.92 Å². The van der Waals surface area contributed by atoms with Crippen molar-refractivity contribution in [2.24, 2.45) is 10.9 Å². The minimum absolute atomic E-state index is 0. The zero-order valence-electron chi connectivity index (χ0n) is 16.1. The number of sulfonamides is 1. The summed E-state index contributed by atoms with van der Waals surface area (Å²) in [6.07, 6.45) is 5.59. The second-order valence-corrected chi connectivity index (χ2v) is 8.46. The smallest absolute Gasteiger partial charge is 0.211 e. The van der Waals surface area contributed by atoms with Crippen molar-refractivity contribution in [2.75, 3.05) is 32.9 Å².